The SMILES string of the molecule is COCCn1c(-c2ccc(C(C)C)cc2)nc2c(Br)c(COC(C)C)cc(OC)c21. The van der Waals surface area contributed by atoms with Gasteiger partial charge in [0.25, 0.3) is 0 Å². The van der Waals surface area contributed by atoms with Gasteiger partial charge in [0.1, 0.15) is 22.6 Å². The minimum atomic E-state index is 0.146. The van der Waals surface area contributed by atoms with E-state index in [1.54, 1.807) is 14.2 Å². The first-order valence-corrected chi connectivity index (χ1v) is 11.1. The molecule has 0 amide bonds. The average molecular weight is 475 g/mol. The molecular weight excluding hydrogens is 444 g/mol. The van der Waals surface area contributed by atoms with Gasteiger partial charge in [-0.3, -0.25) is 0 Å². The third-order valence-electron chi connectivity index (χ3n) is 5.14. The summed E-state index contributed by atoms with van der Waals surface area (Å²) in [4.78, 5) is 5.03. The second-order valence-corrected chi connectivity index (χ2v) is 8.76. The number of hydrogen-bond donors (Lipinski definition) is 0. The lowest BCUT2D eigenvalue weighted by Gasteiger charge is -2.14. The first kappa shape index (κ1) is 22.8. The molecule has 1 heterocycles. The molecule has 1 aromatic heterocycles. The van der Waals surface area contributed by atoms with E-state index in [0.29, 0.717) is 25.7 Å². The molecule has 0 radical (unpaired) electrons. The Balaban J connectivity index is 2.19. The molecule has 0 aliphatic heterocycles. The molecule has 5 nitrogen and oxygen atoms in total. The monoisotopic (exact) mass is 474 g/mol. The zero-order valence-corrected chi connectivity index (χ0v) is 20.2. The maximum Gasteiger partial charge on any atom is 0.145 e. The molecule has 3 rings (SSSR count). The highest BCUT2D eigenvalue weighted by molar-refractivity contribution is 9.10. The molecular formula is C24H31BrN2O3. The van der Waals surface area contributed by atoms with Crippen molar-refractivity contribution >= 4 is 27.0 Å². The number of methoxy groups -OCH3 is 2. The van der Waals surface area contributed by atoms with Gasteiger partial charge >= 0.3 is 0 Å². The van der Waals surface area contributed by atoms with Crippen LogP contribution in [0.15, 0.2) is 34.8 Å². The zero-order chi connectivity index (χ0) is 21.8. The van der Waals surface area contributed by atoms with Gasteiger partial charge in [-0.2, -0.15) is 0 Å². The third kappa shape index (κ3) is 4.71. The van der Waals surface area contributed by atoms with E-state index >= 15 is 0 Å². The van der Waals surface area contributed by atoms with Gasteiger partial charge < -0.3 is 18.8 Å². The molecule has 0 saturated carbocycles. The number of hydrogen-bond acceptors (Lipinski definition) is 4. The fourth-order valence-electron chi connectivity index (χ4n) is 3.45. The van der Waals surface area contributed by atoms with Gasteiger partial charge in [0, 0.05) is 19.2 Å². The van der Waals surface area contributed by atoms with Crippen LogP contribution in [-0.2, 0) is 22.6 Å². The molecule has 0 aliphatic carbocycles. The Morgan fingerprint density at radius 2 is 1.77 bits per heavy atom. The Morgan fingerprint density at radius 1 is 1.07 bits per heavy atom. The lowest BCUT2D eigenvalue weighted by molar-refractivity contribution is 0.0653. The molecule has 2 aromatic carbocycles. The molecule has 3 aromatic rings. The lowest BCUT2D eigenvalue weighted by atomic mass is 10.0. The van der Waals surface area contributed by atoms with Crippen molar-refractivity contribution in [2.75, 3.05) is 20.8 Å². The maximum atomic E-state index is 5.84. The summed E-state index contributed by atoms with van der Waals surface area (Å²) < 4.78 is 20.1. The van der Waals surface area contributed by atoms with Crippen LogP contribution in [0.3, 0.4) is 0 Å². The van der Waals surface area contributed by atoms with Gasteiger partial charge in [-0.1, -0.05) is 38.1 Å². The summed E-state index contributed by atoms with van der Waals surface area (Å²) in [6, 6.07) is 10.7. The van der Waals surface area contributed by atoms with Crippen molar-refractivity contribution < 1.29 is 14.2 Å². The van der Waals surface area contributed by atoms with Gasteiger partial charge in [-0.25, -0.2) is 4.98 Å². The highest BCUT2D eigenvalue weighted by Gasteiger charge is 2.21. The molecule has 30 heavy (non-hydrogen) atoms. The van der Waals surface area contributed by atoms with Crippen LogP contribution >= 0.6 is 15.9 Å². The summed E-state index contributed by atoms with van der Waals surface area (Å²) in [6.45, 7) is 10.2. The van der Waals surface area contributed by atoms with Gasteiger partial charge in [-0.05, 0) is 52.9 Å². The van der Waals surface area contributed by atoms with E-state index in [1.165, 1.54) is 5.56 Å². The van der Waals surface area contributed by atoms with Crippen molar-refractivity contribution in [3.05, 3.63) is 45.9 Å². The summed E-state index contributed by atoms with van der Waals surface area (Å²) in [5.74, 6) is 2.17. The molecule has 0 spiro atoms. The standard InChI is InChI=1S/C24H31BrN2O3/c1-15(2)17-7-9-18(10-8-17)24-26-22-21(25)19(14-30-16(3)4)13-20(29-6)23(22)27(24)11-12-28-5/h7-10,13,15-16H,11-12,14H2,1-6H3. The minimum Gasteiger partial charge on any atom is -0.494 e. The number of ether oxygens (including phenoxy) is 3. The van der Waals surface area contributed by atoms with Gasteiger partial charge in [0.15, 0.2) is 0 Å². The molecule has 0 aliphatic rings. The fraction of sp³-hybridized carbons (Fsp3) is 0.458. The number of benzene rings is 2. The van der Waals surface area contributed by atoms with Crippen molar-refractivity contribution in [3.63, 3.8) is 0 Å². The molecule has 0 fully saturated rings. The number of imidazole rings is 1. The summed E-state index contributed by atoms with van der Waals surface area (Å²) in [6.07, 6.45) is 0.146. The maximum absolute atomic E-state index is 5.84. The van der Waals surface area contributed by atoms with Crippen LogP contribution in [0.2, 0.25) is 0 Å². The Morgan fingerprint density at radius 3 is 2.33 bits per heavy atom. The molecule has 0 N–H and O–H groups in total. The van der Waals surface area contributed by atoms with Crippen molar-refractivity contribution in [1.82, 2.24) is 9.55 Å². The molecule has 0 saturated heterocycles. The Kier molecular flexibility index (Phi) is 7.55. The van der Waals surface area contributed by atoms with Crippen molar-refractivity contribution in [1.29, 1.82) is 0 Å². The molecule has 162 valence electrons. The van der Waals surface area contributed by atoms with Crippen LogP contribution in [0.5, 0.6) is 5.75 Å². The quantitative estimate of drug-likeness (QED) is 0.371. The molecule has 6 heteroatoms. The van der Waals surface area contributed by atoms with E-state index in [1.807, 2.05) is 19.9 Å². The predicted octanol–water partition coefficient (Wildman–Crippen LogP) is 6.17. The second kappa shape index (κ2) is 9.94. The van der Waals surface area contributed by atoms with Crippen molar-refractivity contribution in [3.8, 4) is 17.1 Å². The minimum absolute atomic E-state index is 0.146. The van der Waals surface area contributed by atoms with Gasteiger partial charge in [-0.15, -0.1) is 0 Å². The van der Waals surface area contributed by atoms with E-state index in [2.05, 4.69) is 58.6 Å². The highest BCUT2D eigenvalue weighted by Crippen LogP contribution is 2.38. The highest BCUT2D eigenvalue weighted by atomic mass is 79.9. The Bertz CT molecular complexity index is 994. The fourth-order valence-corrected chi connectivity index (χ4v) is 3.96. The van der Waals surface area contributed by atoms with E-state index in [0.717, 1.165) is 38.2 Å². The van der Waals surface area contributed by atoms with Gasteiger partial charge in [0.2, 0.25) is 0 Å². The van der Waals surface area contributed by atoms with Crippen molar-refractivity contribution in [2.24, 2.45) is 0 Å². The van der Waals surface area contributed by atoms with Crippen LogP contribution in [0.1, 0.15) is 44.7 Å². The van der Waals surface area contributed by atoms with Crippen LogP contribution in [0.4, 0.5) is 0 Å². The summed E-state index contributed by atoms with van der Waals surface area (Å²) >= 11 is 3.77. The van der Waals surface area contributed by atoms with Crippen LogP contribution in [0, 0.1) is 0 Å². The summed E-state index contributed by atoms with van der Waals surface area (Å²) in [7, 11) is 3.41. The van der Waals surface area contributed by atoms with Crippen LogP contribution in [-0.4, -0.2) is 36.5 Å². The first-order chi connectivity index (χ1) is 14.4. The third-order valence-corrected chi connectivity index (χ3v) is 6.03. The van der Waals surface area contributed by atoms with E-state index in [9.17, 15) is 0 Å². The average Bonchev–Trinajstić information content (AvgIpc) is 3.11. The lowest BCUT2D eigenvalue weighted by Crippen LogP contribution is -2.07. The largest absolute Gasteiger partial charge is 0.494 e. The number of nitrogens with zero attached hydrogens (tertiary/aromatic N) is 2. The van der Waals surface area contributed by atoms with E-state index in [-0.39, 0.29) is 6.10 Å². The van der Waals surface area contributed by atoms with Crippen LogP contribution < -0.4 is 4.74 Å². The zero-order valence-electron chi connectivity index (χ0n) is 18.7. The van der Waals surface area contributed by atoms with Crippen LogP contribution in [0.25, 0.3) is 22.4 Å². The van der Waals surface area contributed by atoms with E-state index in [4.69, 9.17) is 19.2 Å². The Labute approximate surface area is 187 Å². The molecule has 0 unspecified atom stereocenters. The number of rotatable bonds is 9. The first-order valence-electron chi connectivity index (χ1n) is 10.3. The van der Waals surface area contributed by atoms with E-state index < -0.39 is 0 Å². The summed E-state index contributed by atoms with van der Waals surface area (Å²) in [5, 5.41) is 0. The topological polar surface area (TPSA) is 45.5 Å². The number of halogens is 1. The summed E-state index contributed by atoms with van der Waals surface area (Å²) in [5.41, 5.74) is 5.23. The normalized spacial score (nSPS) is 11.8. The second-order valence-electron chi connectivity index (χ2n) is 7.97. The molecule has 0 bridgehead atoms. The Hall–Kier alpha value is -1.89. The molecule has 0 atom stereocenters. The van der Waals surface area contributed by atoms with Crippen molar-refractivity contribution in [2.45, 2.75) is 52.9 Å². The van der Waals surface area contributed by atoms with Gasteiger partial charge in [0.05, 0.1) is 30.9 Å². The number of fused-ring (bicyclic) bond motifs is 1. The predicted molar refractivity (Wildman–Crippen MR) is 125 cm³/mol. The smallest absolute Gasteiger partial charge is 0.145 e. The number of aromatic nitrogens is 2.